The number of amides is 2. The fraction of sp³-hybridized carbons (Fsp3) is 0.176. The van der Waals surface area contributed by atoms with Gasteiger partial charge in [0, 0.05) is 24.6 Å². The van der Waals surface area contributed by atoms with Gasteiger partial charge in [0.2, 0.25) is 5.91 Å². The van der Waals surface area contributed by atoms with E-state index in [1.54, 1.807) is 31.4 Å². The van der Waals surface area contributed by atoms with Crippen molar-refractivity contribution in [2.24, 2.45) is 7.05 Å². The van der Waals surface area contributed by atoms with E-state index in [1.165, 1.54) is 23.7 Å². The van der Waals surface area contributed by atoms with E-state index in [4.69, 9.17) is 0 Å². The second kappa shape index (κ2) is 8.40. The Morgan fingerprint density at radius 2 is 1.61 bits per heavy atom. The molecule has 0 bridgehead atoms. The van der Waals surface area contributed by atoms with Gasteiger partial charge >= 0.3 is 11.5 Å². The van der Waals surface area contributed by atoms with E-state index in [9.17, 15) is 29.8 Å². The minimum Gasteiger partial charge on any atom is -0.358 e. The molecule has 0 saturated carbocycles. The van der Waals surface area contributed by atoms with Crippen LogP contribution in [0.25, 0.3) is 0 Å². The molecule has 3 rings (SSSR count). The number of hydrogen-bond acceptors (Lipinski definition) is 8. The lowest BCUT2D eigenvalue weighted by atomic mass is 10.2. The minimum atomic E-state index is -0.975. The Hall–Kier alpha value is -4.62. The molecule has 14 nitrogen and oxygen atoms in total. The maximum absolute atomic E-state index is 12.3. The van der Waals surface area contributed by atoms with Crippen LogP contribution in [0.15, 0.2) is 36.5 Å². The van der Waals surface area contributed by atoms with E-state index in [0.717, 1.165) is 4.68 Å². The highest BCUT2D eigenvalue weighted by molar-refractivity contribution is 6.03. The fourth-order valence-corrected chi connectivity index (χ4v) is 2.72. The van der Waals surface area contributed by atoms with Gasteiger partial charge in [-0.3, -0.25) is 24.4 Å². The van der Waals surface area contributed by atoms with Gasteiger partial charge in [-0.2, -0.15) is 9.78 Å². The van der Waals surface area contributed by atoms with Gasteiger partial charge in [0.15, 0.2) is 5.69 Å². The first kappa shape index (κ1) is 21.1. The molecule has 0 spiro atoms. The van der Waals surface area contributed by atoms with Crippen molar-refractivity contribution in [1.29, 1.82) is 0 Å². The van der Waals surface area contributed by atoms with Crippen LogP contribution < -0.4 is 10.6 Å². The van der Waals surface area contributed by atoms with Gasteiger partial charge in [-0.05, 0) is 42.2 Å². The summed E-state index contributed by atoms with van der Waals surface area (Å²) in [5.74, 6) is -1.92. The molecule has 14 heteroatoms. The van der Waals surface area contributed by atoms with Crippen LogP contribution in [0.2, 0.25) is 0 Å². The van der Waals surface area contributed by atoms with Gasteiger partial charge in [-0.1, -0.05) is 0 Å². The molecule has 0 aliphatic carbocycles. The highest BCUT2D eigenvalue weighted by atomic mass is 16.6. The number of aromatic nitrogens is 4. The van der Waals surface area contributed by atoms with Crippen LogP contribution in [0.3, 0.4) is 0 Å². The molecule has 31 heavy (non-hydrogen) atoms. The Labute approximate surface area is 173 Å². The van der Waals surface area contributed by atoms with Crippen LogP contribution in [0.1, 0.15) is 16.2 Å². The van der Waals surface area contributed by atoms with Gasteiger partial charge in [-0.25, -0.2) is 0 Å². The summed E-state index contributed by atoms with van der Waals surface area (Å²) in [6.45, 7) is 0.809. The lowest BCUT2D eigenvalue weighted by Gasteiger charge is -2.07. The Kier molecular flexibility index (Phi) is 5.72. The topological polar surface area (TPSA) is 180 Å². The number of hydrogen-bond donors (Lipinski definition) is 2. The Morgan fingerprint density at radius 1 is 1.00 bits per heavy atom. The van der Waals surface area contributed by atoms with Gasteiger partial charge in [0.25, 0.3) is 5.91 Å². The van der Waals surface area contributed by atoms with Gasteiger partial charge < -0.3 is 20.7 Å². The fourth-order valence-electron chi connectivity index (χ4n) is 2.72. The summed E-state index contributed by atoms with van der Waals surface area (Å²) >= 11 is 0. The molecule has 0 saturated heterocycles. The van der Waals surface area contributed by atoms with Crippen molar-refractivity contribution in [2.45, 2.75) is 13.5 Å². The number of carbonyl (C=O) groups excluding carboxylic acids is 2. The molecule has 0 atom stereocenters. The van der Waals surface area contributed by atoms with Crippen LogP contribution >= 0.6 is 0 Å². The lowest BCUT2D eigenvalue weighted by Crippen LogP contribution is -2.20. The van der Waals surface area contributed by atoms with Gasteiger partial charge in [0.05, 0.1) is 10.0 Å². The normalized spacial score (nSPS) is 10.5. The Morgan fingerprint density at radius 3 is 2.10 bits per heavy atom. The third kappa shape index (κ3) is 4.69. The van der Waals surface area contributed by atoms with Crippen molar-refractivity contribution in [3.8, 4) is 0 Å². The summed E-state index contributed by atoms with van der Waals surface area (Å²) in [6.07, 6.45) is 1.64. The summed E-state index contributed by atoms with van der Waals surface area (Å²) in [6, 6.07) is 7.76. The van der Waals surface area contributed by atoms with Crippen molar-refractivity contribution in [3.63, 3.8) is 0 Å². The average molecular weight is 428 g/mol. The maximum atomic E-state index is 12.3. The number of nitrogens with one attached hydrogen (secondary N) is 2. The first-order valence-electron chi connectivity index (χ1n) is 8.73. The monoisotopic (exact) mass is 428 g/mol. The quantitative estimate of drug-likeness (QED) is 0.420. The van der Waals surface area contributed by atoms with Crippen molar-refractivity contribution in [1.82, 2.24) is 19.6 Å². The summed E-state index contributed by atoms with van der Waals surface area (Å²) < 4.78 is 2.39. The standard InChI is InChI=1S/C17H16N8O6/c1-10-15(24(28)29)16(25(30)31)21-23(10)9-14(26)18-11-3-5-12(6-4-11)19-17(27)13-7-8-22(2)20-13/h3-8H,9H2,1-2H3,(H,18,26)(H,19,27). The number of nitro groups is 2. The number of benzene rings is 1. The SMILES string of the molecule is Cc1c([N+](=O)[O-])c([N+](=O)[O-])nn1CC(=O)Nc1ccc(NC(=O)c2ccn(C)n2)cc1. The van der Waals surface area contributed by atoms with Crippen LogP contribution in [0, 0.1) is 27.2 Å². The maximum Gasteiger partial charge on any atom is 0.468 e. The van der Waals surface area contributed by atoms with E-state index in [0.29, 0.717) is 11.4 Å². The first-order valence-corrected chi connectivity index (χ1v) is 8.73. The van der Waals surface area contributed by atoms with Crippen LogP contribution in [-0.4, -0.2) is 41.2 Å². The largest absolute Gasteiger partial charge is 0.468 e. The van der Waals surface area contributed by atoms with Crippen LogP contribution in [-0.2, 0) is 18.4 Å². The predicted octanol–water partition coefficient (Wildman–Crippen LogP) is 1.63. The van der Waals surface area contributed by atoms with E-state index in [2.05, 4.69) is 20.8 Å². The van der Waals surface area contributed by atoms with Crippen molar-refractivity contribution >= 4 is 34.7 Å². The van der Waals surface area contributed by atoms with E-state index >= 15 is 0 Å². The van der Waals surface area contributed by atoms with E-state index in [-0.39, 0.29) is 11.4 Å². The number of rotatable bonds is 7. The molecular weight excluding hydrogens is 412 g/mol. The number of anilines is 2. The second-order valence-electron chi connectivity index (χ2n) is 6.38. The molecule has 0 aliphatic heterocycles. The molecule has 2 amide bonds. The smallest absolute Gasteiger partial charge is 0.358 e. The third-order valence-corrected chi connectivity index (χ3v) is 4.18. The number of aryl methyl sites for hydroxylation is 1. The van der Waals surface area contributed by atoms with Crippen LogP contribution in [0.4, 0.5) is 22.9 Å². The zero-order chi connectivity index (χ0) is 22.7. The molecule has 3 aromatic rings. The molecule has 160 valence electrons. The number of carbonyl (C=O) groups is 2. The molecular formula is C17H16N8O6. The van der Waals surface area contributed by atoms with E-state index in [1.807, 2.05) is 0 Å². The van der Waals surface area contributed by atoms with Gasteiger partial charge in [-0.15, -0.1) is 0 Å². The van der Waals surface area contributed by atoms with Crippen molar-refractivity contribution in [2.75, 3.05) is 10.6 Å². The summed E-state index contributed by atoms with van der Waals surface area (Å²) in [4.78, 5) is 44.5. The average Bonchev–Trinajstić information content (AvgIpc) is 3.27. The van der Waals surface area contributed by atoms with E-state index < -0.39 is 39.7 Å². The molecule has 2 aromatic heterocycles. The molecule has 2 N–H and O–H groups in total. The second-order valence-corrected chi connectivity index (χ2v) is 6.38. The highest BCUT2D eigenvalue weighted by Gasteiger charge is 2.35. The van der Waals surface area contributed by atoms with Crippen molar-refractivity contribution in [3.05, 3.63) is 68.1 Å². The van der Waals surface area contributed by atoms with Crippen LogP contribution in [0.5, 0.6) is 0 Å². The summed E-state index contributed by atoms with van der Waals surface area (Å²) in [5.41, 5.74) is 0.236. The molecule has 0 fully saturated rings. The Balaban J connectivity index is 1.65. The summed E-state index contributed by atoms with van der Waals surface area (Å²) in [7, 11) is 1.69. The zero-order valence-corrected chi connectivity index (χ0v) is 16.3. The summed E-state index contributed by atoms with van der Waals surface area (Å²) in [5, 5.41) is 34.8. The van der Waals surface area contributed by atoms with Gasteiger partial charge in [0.1, 0.15) is 12.2 Å². The molecule has 0 unspecified atom stereocenters. The van der Waals surface area contributed by atoms with Crippen molar-refractivity contribution < 1.29 is 19.4 Å². The lowest BCUT2D eigenvalue weighted by molar-refractivity contribution is -0.424. The first-order chi connectivity index (χ1) is 14.7. The molecule has 2 heterocycles. The minimum absolute atomic E-state index is 0.112. The Bertz CT molecular complexity index is 1180. The molecule has 0 aliphatic rings. The highest BCUT2D eigenvalue weighted by Crippen LogP contribution is 2.29. The predicted molar refractivity (Wildman–Crippen MR) is 107 cm³/mol. The number of nitrogens with zero attached hydrogens (tertiary/aromatic N) is 6. The third-order valence-electron chi connectivity index (χ3n) is 4.18. The molecule has 0 radical (unpaired) electrons. The zero-order valence-electron chi connectivity index (χ0n) is 16.3. The molecule has 1 aromatic carbocycles.